The van der Waals surface area contributed by atoms with Gasteiger partial charge in [0.05, 0.1) is 6.61 Å². The van der Waals surface area contributed by atoms with Crippen LogP contribution in [0.5, 0.6) is 0 Å². The molecule has 1 aliphatic heterocycles. The molecule has 1 aromatic carbocycles. The summed E-state index contributed by atoms with van der Waals surface area (Å²) in [6.45, 7) is 6.47. The lowest BCUT2D eigenvalue weighted by Gasteiger charge is -2.26. The zero-order chi connectivity index (χ0) is 13.2. The number of ether oxygens (including phenoxy) is 2. The molecule has 0 bridgehead atoms. The van der Waals surface area contributed by atoms with Crippen LogP contribution in [0.1, 0.15) is 32.8 Å². The number of esters is 1. The van der Waals surface area contributed by atoms with Gasteiger partial charge in [0.15, 0.2) is 6.10 Å². The Morgan fingerprint density at radius 3 is 2.56 bits per heavy atom. The second-order valence-corrected chi connectivity index (χ2v) is 5.09. The Hall–Kier alpha value is -1.35. The molecule has 0 unspecified atom stereocenters. The Kier molecular flexibility index (Phi) is 3.71. The van der Waals surface area contributed by atoms with Crippen molar-refractivity contribution in [2.45, 2.75) is 45.5 Å². The van der Waals surface area contributed by atoms with Crippen LogP contribution in [0.3, 0.4) is 0 Å². The van der Waals surface area contributed by atoms with E-state index < -0.39 is 11.7 Å². The lowest BCUT2D eigenvalue weighted by atomic mass is 9.87. The summed E-state index contributed by atoms with van der Waals surface area (Å²) in [5.41, 5.74) is 0.681. The monoisotopic (exact) mass is 248 g/mol. The van der Waals surface area contributed by atoms with Crippen LogP contribution in [-0.2, 0) is 20.9 Å². The van der Waals surface area contributed by atoms with Crippen molar-refractivity contribution in [3.8, 4) is 0 Å². The summed E-state index contributed by atoms with van der Waals surface area (Å²) >= 11 is 0. The number of hydrogen-bond donors (Lipinski definition) is 0. The molecule has 1 fully saturated rings. The number of carbonyl (C=O) groups is 1. The van der Waals surface area contributed by atoms with Gasteiger partial charge in [-0.25, -0.2) is 4.79 Å². The average molecular weight is 248 g/mol. The van der Waals surface area contributed by atoms with Gasteiger partial charge in [-0.1, -0.05) is 44.2 Å². The summed E-state index contributed by atoms with van der Waals surface area (Å²) in [7, 11) is 0. The molecule has 1 saturated heterocycles. The maximum Gasteiger partial charge on any atom is 0.336 e. The quantitative estimate of drug-likeness (QED) is 0.768. The van der Waals surface area contributed by atoms with Crippen LogP contribution in [0.2, 0.25) is 0 Å². The fraction of sp³-hybridized carbons (Fsp3) is 0.533. The third-order valence-corrected chi connectivity index (χ3v) is 3.96. The van der Waals surface area contributed by atoms with Gasteiger partial charge in [-0.15, -0.1) is 0 Å². The Morgan fingerprint density at radius 1 is 1.33 bits per heavy atom. The van der Waals surface area contributed by atoms with E-state index in [-0.39, 0.29) is 11.9 Å². The first-order valence-electron chi connectivity index (χ1n) is 6.45. The van der Waals surface area contributed by atoms with Gasteiger partial charge in [0.1, 0.15) is 5.60 Å². The molecule has 1 heterocycles. The minimum absolute atomic E-state index is 0.0821. The third kappa shape index (κ3) is 2.41. The molecule has 0 amide bonds. The van der Waals surface area contributed by atoms with E-state index in [4.69, 9.17) is 9.47 Å². The summed E-state index contributed by atoms with van der Waals surface area (Å²) < 4.78 is 11.2. The van der Waals surface area contributed by atoms with E-state index in [9.17, 15) is 4.79 Å². The van der Waals surface area contributed by atoms with E-state index in [2.05, 4.69) is 0 Å². The molecule has 3 nitrogen and oxygen atoms in total. The Morgan fingerprint density at radius 2 is 2.00 bits per heavy atom. The van der Waals surface area contributed by atoms with Gasteiger partial charge in [-0.05, 0) is 18.9 Å². The van der Waals surface area contributed by atoms with Crippen LogP contribution < -0.4 is 0 Å². The molecule has 98 valence electrons. The number of benzene rings is 1. The molecule has 0 radical (unpaired) electrons. The largest absolute Gasteiger partial charge is 0.457 e. The lowest BCUT2D eigenvalue weighted by Crippen LogP contribution is -2.33. The number of cyclic esters (lactones) is 1. The van der Waals surface area contributed by atoms with Gasteiger partial charge >= 0.3 is 5.97 Å². The molecule has 18 heavy (non-hydrogen) atoms. The Labute approximate surface area is 108 Å². The van der Waals surface area contributed by atoms with E-state index in [1.807, 2.05) is 51.1 Å². The maximum absolute atomic E-state index is 11.8. The summed E-state index contributed by atoms with van der Waals surface area (Å²) in [5, 5.41) is 0. The van der Waals surface area contributed by atoms with Crippen LogP contribution >= 0.6 is 0 Å². The van der Waals surface area contributed by atoms with Gasteiger partial charge in [-0.2, -0.15) is 0 Å². The van der Waals surface area contributed by atoms with Crippen LogP contribution in [0.4, 0.5) is 0 Å². The molecule has 2 rings (SSSR count). The fourth-order valence-corrected chi connectivity index (χ4v) is 2.27. The summed E-state index contributed by atoms with van der Waals surface area (Å²) in [5.74, 6) is -0.151. The van der Waals surface area contributed by atoms with Crippen molar-refractivity contribution in [3.63, 3.8) is 0 Å². The highest BCUT2D eigenvalue weighted by Crippen LogP contribution is 2.37. The van der Waals surface area contributed by atoms with Gasteiger partial charge < -0.3 is 9.47 Å². The zero-order valence-corrected chi connectivity index (χ0v) is 11.2. The van der Waals surface area contributed by atoms with Crippen molar-refractivity contribution >= 4 is 5.97 Å². The molecule has 0 spiro atoms. The average Bonchev–Trinajstić information content (AvgIpc) is 2.60. The topological polar surface area (TPSA) is 35.5 Å². The van der Waals surface area contributed by atoms with Gasteiger partial charge in [0, 0.05) is 5.92 Å². The first-order valence-corrected chi connectivity index (χ1v) is 6.45. The molecule has 1 aliphatic rings. The molecule has 3 heteroatoms. The Balaban J connectivity index is 2.00. The minimum atomic E-state index is -0.449. The zero-order valence-electron chi connectivity index (χ0n) is 11.2. The molecule has 0 aromatic heterocycles. The highest BCUT2D eigenvalue weighted by atomic mass is 16.6. The first kappa shape index (κ1) is 13.1. The van der Waals surface area contributed by atoms with Crippen molar-refractivity contribution in [2.24, 2.45) is 5.92 Å². The van der Waals surface area contributed by atoms with Crippen molar-refractivity contribution in [3.05, 3.63) is 35.9 Å². The van der Waals surface area contributed by atoms with Crippen LogP contribution in [-0.4, -0.2) is 17.7 Å². The standard InChI is InChI=1S/C15H20O3/c1-4-15(3)11(2)13(14(16)18-15)17-10-12-8-6-5-7-9-12/h5-9,11,13H,4,10H2,1-3H3/t11-,13+,15+/m0/s1. The molecular weight excluding hydrogens is 228 g/mol. The number of carbonyl (C=O) groups excluding carboxylic acids is 1. The second kappa shape index (κ2) is 5.11. The molecule has 0 saturated carbocycles. The second-order valence-electron chi connectivity index (χ2n) is 5.09. The highest BCUT2D eigenvalue weighted by molar-refractivity contribution is 5.78. The predicted octanol–water partition coefficient (Wildman–Crippen LogP) is 2.93. The normalized spacial score (nSPS) is 31.4. The van der Waals surface area contributed by atoms with Crippen molar-refractivity contribution in [1.82, 2.24) is 0 Å². The lowest BCUT2D eigenvalue weighted by molar-refractivity contribution is -0.154. The fourth-order valence-electron chi connectivity index (χ4n) is 2.27. The van der Waals surface area contributed by atoms with E-state index in [0.29, 0.717) is 6.61 Å². The van der Waals surface area contributed by atoms with Gasteiger partial charge in [0.25, 0.3) is 0 Å². The first-order chi connectivity index (χ1) is 8.57. The third-order valence-electron chi connectivity index (χ3n) is 3.96. The molecule has 1 aromatic rings. The van der Waals surface area contributed by atoms with Crippen LogP contribution in [0.25, 0.3) is 0 Å². The molecule has 3 atom stereocenters. The van der Waals surface area contributed by atoms with Crippen LogP contribution in [0, 0.1) is 5.92 Å². The van der Waals surface area contributed by atoms with Crippen molar-refractivity contribution < 1.29 is 14.3 Å². The van der Waals surface area contributed by atoms with Gasteiger partial charge in [0.2, 0.25) is 0 Å². The Bertz CT molecular complexity index is 415. The summed E-state index contributed by atoms with van der Waals surface area (Å²) in [6, 6.07) is 9.87. The minimum Gasteiger partial charge on any atom is -0.457 e. The van der Waals surface area contributed by atoms with E-state index >= 15 is 0 Å². The molecule has 0 N–H and O–H groups in total. The van der Waals surface area contributed by atoms with Crippen molar-refractivity contribution in [1.29, 1.82) is 0 Å². The summed E-state index contributed by atoms with van der Waals surface area (Å²) in [6.07, 6.45) is 0.362. The van der Waals surface area contributed by atoms with Gasteiger partial charge in [-0.3, -0.25) is 0 Å². The maximum atomic E-state index is 11.8. The van der Waals surface area contributed by atoms with Crippen LogP contribution in [0.15, 0.2) is 30.3 Å². The van der Waals surface area contributed by atoms with E-state index in [1.54, 1.807) is 0 Å². The predicted molar refractivity (Wildman–Crippen MR) is 69.0 cm³/mol. The number of rotatable bonds is 4. The SMILES string of the molecule is CC[C@@]1(C)OC(=O)[C@H](OCc2ccccc2)[C@@H]1C. The van der Waals surface area contributed by atoms with E-state index in [1.165, 1.54) is 0 Å². The van der Waals surface area contributed by atoms with Crippen molar-refractivity contribution in [2.75, 3.05) is 0 Å². The summed E-state index contributed by atoms with van der Waals surface area (Å²) in [4.78, 5) is 11.8. The number of hydrogen-bond acceptors (Lipinski definition) is 3. The van der Waals surface area contributed by atoms with E-state index in [0.717, 1.165) is 12.0 Å². The molecular formula is C15H20O3. The molecule has 0 aliphatic carbocycles. The highest BCUT2D eigenvalue weighted by Gasteiger charge is 2.49. The smallest absolute Gasteiger partial charge is 0.336 e.